The molecule has 1 aromatic carbocycles. The van der Waals surface area contributed by atoms with Gasteiger partial charge in [0.25, 0.3) is 5.91 Å². The van der Waals surface area contributed by atoms with Gasteiger partial charge in [0.2, 0.25) is 0 Å². The lowest BCUT2D eigenvalue weighted by Crippen LogP contribution is -2.33. The van der Waals surface area contributed by atoms with E-state index in [-0.39, 0.29) is 28.4 Å². The summed E-state index contributed by atoms with van der Waals surface area (Å²) in [5.41, 5.74) is -0.169. The highest BCUT2D eigenvalue weighted by molar-refractivity contribution is 6.33. The molecule has 0 aliphatic carbocycles. The number of rotatable bonds is 6. The van der Waals surface area contributed by atoms with E-state index < -0.39 is 24.4 Å². The van der Waals surface area contributed by atoms with Gasteiger partial charge in [0.1, 0.15) is 6.54 Å². The molecule has 0 aliphatic rings. The number of carbonyl (C=O) groups is 1. The largest absolute Gasteiger partial charge is 0.490 e. The number of halogens is 5. The molecule has 0 fully saturated rings. The van der Waals surface area contributed by atoms with Crippen LogP contribution < -0.4 is 10.1 Å². The van der Waals surface area contributed by atoms with Crippen molar-refractivity contribution in [3.63, 3.8) is 0 Å². The third-order valence-electron chi connectivity index (χ3n) is 3.04. The van der Waals surface area contributed by atoms with Gasteiger partial charge in [-0.3, -0.25) is 4.79 Å². The molecule has 1 amide bonds. The molecule has 1 aromatic rings. The summed E-state index contributed by atoms with van der Waals surface area (Å²) >= 11 is 5.73. The number of benzene rings is 1. The first kappa shape index (κ1) is 20.5. The van der Waals surface area contributed by atoms with E-state index >= 15 is 0 Å². The van der Waals surface area contributed by atoms with Gasteiger partial charge in [-0.1, -0.05) is 32.4 Å². The highest BCUT2D eigenvalue weighted by Crippen LogP contribution is 2.27. The van der Waals surface area contributed by atoms with E-state index in [9.17, 15) is 22.4 Å². The van der Waals surface area contributed by atoms with Gasteiger partial charge in [-0.15, -0.1) is 0 Å². The van der Waals surface area contributed by atoms with Crippen molar-refractivity contribution in [1.29, 1.82) is 0 Å². The first-order chi connectivity index (χ1) is 10.9. The zero-order valence-corrected chi connectivity index (χ0v) is 14.4. The topological polar surface area (TPSA) is 38.3 Å². The molecular formula is C16H20ClF4NO2. The predicted molar refractivity (Wildman–Crippen MR) is 84.0 cm³/mol. The summed E-state index contributed by atoms with van der Waals surface area (Å²) in [6, 6.07) is 1.86. The zero-order valence-electron chi connectivity index (χ0n) is 13.7. The standard InChI is InChI=1S/C16H20ClF4NO2/c1-15(2,3)5-4-6-24-13-7-10(11(17)8-12(13)18)14(23)22-9-16(19,20)21/h7-8H,4-6,9H2,1-3H3,(H,22,23). The summed E-state index contributed by atoms with van der Waals surface area (Å²) in [5.74, 6) is -2.04. The molecule has 0 bridgehead atoms. The van der Waals surface area contributed by atoms with E-state index in [4.69, 9.17) is 16.3 Å². The number of hydrogen-bond donors (Lipinski definition) is 1. The molecule has 0 aromatic heterocycles. The first-order valence-electron chi connectivity index (χ1n) is 7.36. The molecule has 0 spiro atoms. The van der Waals surface area contributed by atoms with Crippen LogP contribution in [0.1, 0.15) is 44.0 Å². The van der Waals surface area contributed by atoms with Crippen molar-refractivity contribution in [1.82, 2.24) is 5.32 Å². The van der Waals surface area contributed by atoms with Gasteiger partial charge >= 0.3 is 6.18 Å². The molecule has 0 radical (unpaired) electrons. The Morgan fingerprint density at radius 2 is 1.88 bits per heavy atom. The molecule has 0 atom stereocenters. The molecule has 24 heavy (non-hydrogen) atoms. The van der Waals surface area contributed by atoms with E-state index in [1.165, 1.54) is 0 Å². The van der Waals surface area contributed by atoms with Crippen LogP contribution in [0.25, 0.3) is 0 Å². The number of hydrogen-bond acceptors (Lipinski definition) is 2. The summed E-state index contributed by atoms with van der Waals surface area (Å²) in [5, 5.41) is 1.40. The molecule has 0 unspecified atom stereocenters. The maximum absolute atomic E-state index is 13.8. The van der Waals surface area contributed by atoms with Crippen molar-refractivity contribution >= 4 is 17.5 Å². The minimum atomic E-state index is -4.55. The minimum absolute atomic E-state index is 0.102. The maximum Gasteiger partial charge on any atom is 0.405 e. The van der Waals surface area contributed by atoms with Crippen molar-refractivity contribution in [2.24, 2.45) is 5.41 Å². The maximum atomic E-state index is 13.8. The zero-order chi connectivity index (χ0) is 18.5. The fourth-order valence-electron chi connectivity index (χ4n) is 1.87. The fourth-order valence-corrected chi connectivity index (χ4v) is 2.11. The predicted octanol–water partition coefficient (Wildman–Crippen LogP) is 4.98. The Bertz CT molecular complexity index is 583. The second-order valence-electron chi connectivity index (χ2n) is 6.57. The van der Waals surface area contributed by atoms with Crippen LogP contribution in [-0.4, -0.2) is 25.2 Å². The number of nitrogens with one attached hydrogen (secondary N) is 1. The van der Waals surface area contributed by atoms with E-state index in [2.05, 4.69) is 20.8 Å². The van der Waals surface area contributed by atoms with E-state index in [0.717, 1.165) is 18.6 Å². The second-order valence-corrected chi connectivity index (χ2v) is 6.98. The van der Waals surface area contributed by atoms with Crippen LogP contribution in [0.2, 0.25) is 5.02 Å². The summed E-state index contributed by atoms with van der Waals surface area (Å²) in [6.07, 6.45) is -3.03. The van der Waals surface area contributed by atoms with Gasteiger partial charge in [0.15, 0.2) is 11.6 Å². The Hall–Kier alpha value is -1.50. The molecule has 1 rings (SSSR count). The highest BCUT2D eigenvalue weighted by atomic mass is 35.5. The van der Waals surface area contributed by atoms with Crippen molar-refractivity contribution in [3.8, 4) is 5.75 Å². The molecule has 3 nitrogen and oxygen atoms in total. The molecule has 0 aliphatic heterocycles. The quantitative estimate of drug-likeness (QED) is 0.567. The van der Waals surface area contributed by atoms with Crippen LogP contribution in [-0.2, 0) is 0 Å². The third kappa shape index (κ3) is 7.38. The molecule has 0 saturated heterocycles. The minimum Gasteiger partial charge on any atom is -0.490 e. The van der Waals surface area contributed by atoms with Crippen LogP contribution in [0.5, 0.6) is 5.75 Å². The lowest BCUT2D eigenvalue weighted by molar-refractivity contribution is -0.123. The second kappa shape index (κ2) is 8.05. The highest BCUT2D eigenvalue weighted by Gasteiger charge is 2.28. The SMILES string of the molecule is CC(C)(C)CCCOc1cc(C(=O)NCC(F)(F)F)c(Cl)cc1F. The first-order valence-corrected chi connectivity index (χ1v) is 7.74. The number of ether oxygens (including phenoxy) is 1. The van der Waals surface area contributed by atoms with Crippen molar-refractivity contribution in [2.45, 2.75) is 39.8 Å². The van der Waals surface area contributed by atoms with Gasteiger partial charge in [0.05, 0.1) is 17.2 Å². The lowest BCUT2D eigenvalue weighted by atomic mass is 9.91. The smallest absolute Gasteiger partial charge is 0.405 e. The fraction of sp³-hybridized carbons (Fsp3) is 0.562. The number of carbonyl (C=O) groups excluding carboxylic acids is 1. The van der Waals surface area contributed by atoms with Crippen molar-refractivity contribution in [3.05, 3.63) is 28.5 Å². The van der Waals surface area contributed by atoms with Crippen molar-refractivity contribution in [2.75, 3.05) is 13.2 Å². The Morgan fingerprint density at radius 3 is 2.42 bits per heavy atom. The van der Waals surface area contributed by atoms with E-state index in [1.807, 2.05) is 0 Å². The Morgan fingerprint density at radius 1 is 1.25 bits per heavy atom. The third-order valence-corrected chi connectivity index (χ3v) is 3.36. The van der Waals surface area contributed by atoms with Gasteiger partial charge in [0, 0.05) is 0 Å². The molecule has 0 saturated carbocycles. The van der Waals surface area contributed by atoms with Crippen LogP contribution in [0, 0.1) is 11.2 Å². The van der Waals surface area contributed by atoms with Gasteiger partial charge in [-0.05, 0) is 30.4 Å². The molecule has 136 valence electrons. The molecule has 8 heteroatoms. The van der Waals surface area contributed by atoms with Gasteiger partial charge < -0.3 is 10.1 Å². The Balaban J connectivity index is 2.76. The average Bonchev–Trinajstić information content (AvgIpc) is 2.41. The number of amides is 1. The Kier molecular flexibility index (Phi) is 6.89. The number of alkyl halides is 3. The van der Waals surface area contributed by atoms with E-state index in [1.54, 1.807) is 5.32 Å². The molecule has 1 N–H and O–H groups in total. The van der Waals surface area contributed by atoms with Gasteiger partial charge in [-0.2, -0.15) is 13.2 Å². The summed E-state index contributed by atoms with van der Waals surface area (Å²) in [4.78, 5) is 11.8. The summed E-state index contributed by atoms with van der Waals surface area (Å²) < 4.78 is 55.5. The normalized spacial score (nSPS) is 12.2. The average molecular weight is 370 g/mol. The van der Waals surface area contributed by atoms with Crippen LogP contribution in [0.3, 0.4) is 0 Å². The Labute approximate surface area is 143 Å². The molecular weight excluding hydrogens is 350 g/mol. The van der Waals surface area contributed by atoms with Crippen LogP contribution in [0.15, 0.2) is 12.1 Å². The van der Waals surface area contributed by atoms with Crippen LogP contribution >= 0.6 is 11.6 Å². The van der Waals surface area contributed by atoms with Crippen LogP contribution in [0.4, 0.5) is 17.6 Å². The summed E-state index contributed by atoms with van der Waals surface area (Å²) in [6.45, 7) is 4.89. The monoisotopic (exact) mass is 369 g/mol. The lowest BCUT2D eigenvalue weighted by Gasteiger charge is -2.18. The molecule has 0 heterocycles. The van der Waals surface area contributed by atoms with Crippen molar-refractivity contribution < 1.29 is 27.1 Å². The van der Waals surface area contributed by atoms with Gasteiger partial charge in [-0.25, -0.2) is 4.39 Å². The van der Waals surface area contributed by atoms with E-state index in [0.29, 0.717) is 6.42 Å². The summed E-state index contributed by atoms with van der Waals surface area (Å²) in [7, 11) is 0.